The minimum Gasteiger partial charge on any atom is -0.618 e. The van der Waals surface area contributed by atoms with Gasteiger partial charge in [0.05, 0.1) is 11.8 Å². The van der Waals surface area contributed by atoms with Crippen molar-refractivity contribution < 1.29 is 4.73 Å². The van der Waals surface area contributed by atoms with Gasteiger partial charge in [-0.2, -0.15) is 4.73 Å². The Bertz CT molecular complexity index is 625. The Morgan fingerprint density at radius 1 is 1.57 bits per heavy atom. The van der Waals surface area contributed by atoms with Crippen LogP contribution in [0.4, 0.5) is 0 Å². The van der Waals surface area contributed by atoms with E-state index in [-0.39, 0.29) is 0 Å². The molecule has 3 aromatic rings. The molecule has 3 aromatic heterocycles. The molecule has 14 heavy (non-hydrogen) atoms. The lowest BCUT2D eigenvalue weighted by molar-refractivity contribution is -0.575. The molecule has 0 aliphatic carbocycles. The van der Waals surface area contributed by atoms with Gasteiger partial charge in [0, 0.05) is 13.1 Å². The van der Waals surface area contributed by atoms with Crippen LogP contribution in [0.1, 0.15) is 0 Å². The zero-order chi connectivity index (χ0) is 9.71. The van der Waals surface area contributed by atoms with E-state index in [1.165, 1.54) is 6.20 Å². The first-order valence-electron chi connectivity index (χ1n) is 4.18. The number of aryl methyl sites for hydroxylation is 1. The molecule has 4 nitrogen and oxygen atoms in total. The van der Waals surface area contributed by atoms with Crippen LogP contribution in [0.5, 0.6) is 0 Å². The molecule has 5 heteroatoms. The number of rotatable bonds is 0. The lowest BCUT2D eigenvalue weighted by Gasteiger charge is -1.99. The first kappa shape index (κ1) is 7.75. The van der Waals surface area contributed by atoms with Gasteiger partial charge in [-0.3, -0.25) is 0 Å². The van der Waals surface area contributed by atoms with E-state index in [1.54, 1.807) is 17.7 Å². The number of aromatic nitrogens is 3. The van der Waals surface area contributed by atoms with E-state index in [0.29, 0.717) is 5.52 Å². The number of imidazole rings is 1. The fourth-order valence-corrected chi connectivity index (χ4v) is 2.63. The molecule has 0 amide bonds. The van der Waals surface area contributed by atoms with Crippen molar-refractivity contribution in [1.82, 2.24) is 9.55 Å². The van der Waals surface area contributed by atoms with Crippen molar-refractivity contribution in [3.63, 3.8) is 0 Å². The average molecular weight is 205 g/mol. The molecule has 0 atom stereocenters. The molecule has 0 aliphatic heterocycles. The summed E-state index contributed by atoms with van der Waals surface area (Å²) >= 11 is 1.57. The van der Waals surface area contributed by atoms with Crippen molar-refractivity contribution in [2.24, 2.45) is 7.05 Å². The van der Waals surface area contributed by atoms with Gasteiger partial charge >= 0.3 is 0 Å². The molecule has 0 bridgehead atoms. The summed E-state index contributed by atoms with van der Waals surface area (Å²) in [5.41, 5.74) is 2.49. The van der Waals surface area contributed by atoms with Crippen LogP contribution in [0, 0.1) is 5.21 Å². The predicted octanol–water partition coefficient (Wildman–Crippen LogP) is 1.42. The van der Waals surface area contributed by atoms with E-state index in [0.717, 1.165) is 20.5 Å². The van der Waals surface area contributed by atoms with Crippen LogP contribution in [0.3, 0.4) is 0 Å². The molecule has 0 saturated heterocycles. The molecular weight excluding hydrogens is 198 g/mol. The highest BCUT2D eigenvalue weighted by molar-refractivity contribution is 7.18. The number of nitrogens with zero attached hydrogens (tertiary/aromatic N) is 3. The number of pyridine rings is 1. The van der Waals surface area contributed by atoms with Gasteiger partial charge in [0.2, 0.25) is 11.7 Å². The van der Waals surface area contributed by atoms with E-state index in [1.807, 2.05) is 23.1 Å². The molecular formula is C9H7N3OS. The molecule has 0 spiro atoms. The van der Waals surface area contributed by atoms with Crippen LogP contribution < -0.4 is 4.73 Å². The Balaban J connectivity index is 2.69. The van der Waals surface area contributed by atoms with Crippen molar-refractivity contribution in [2.45, 2.75) is 0 Å². The zero-order valence-corrected chi connectivity index (χ0v) is 8.28. The lowest BCUT2D eigenvalue weighted by atomic mass is 10.3. The van der Waals surface area contributed by atoms with E-state index in [4.69, 9.17) is 0 Å². The first-order chi connectivity index (χ1) is 6.77. The monoisotopic (exact) mass is 205 g/mol. The maximum atomic E-state index is 11.5. The predicted molar refractivity (Wildman–Crippen MR) is 55.1 cm³/mol. The summed E-state index contributed by atoms with van der Waals surface area (Å²) in [5.74, 6) is 0. The molecule has 3 heterocycles. The van der Waals surface area contributed by atoms with Gasteiger partial charge in [0.25, 0.3) is 0 Å². The van der Waals surface area contributed by atoms with Gasteiger partial charge in [0.1, 0.15) is 4.70 Å². The minimum atomic E-state index is 0.714. The van der Waals surface area contributed by atoms with Crippen molar-refractivity contribution in [3.05, 3.63) is 29.2 Å². The molecule has 0 aliphatic rings. The second kappa shape index (κ2) is 2.45. The average Bonchev–Trinajstić information content (AvgIpc) is 2.72. The fourth-order valence-electron chi connectivity index (χ4n) is 1.65. The number of hydrogen-bond donors (Lipinski definition) is 0. The van der Waals surface area contributed by atoms with E-state index >= 15 is 0 Å². The summed E-state index contributed by atoms with van der Waals surface area (Å²) in [6.07, 6.45) is 3.24. The summed E-state index contributed by atoms with van der Waals surface area (Å²) in [5, 5.41) is 13.5. The van der Waals surface area contributed by atoms with Crippen molar-refractivity contribution in [3.8, 4) is 0 Å². The largest absolute Gasteiger partial charge is 0.618 e. The van der Waals surface area contributed by atoms with Crippen LogP contribution in [0.2, 0.25) is 0 Å². The summed E-state index contributed by atoms with van der Waals surface area (Å²) in [6, 6.07) is 1.83. The Morgan fingerprint density at radius 2 is 2.43 bits per heavy atom. The number of fused-ring (bicyclic) bond motifs is 3. The summed E-state index contributed by atoms with van der Waals surface area (Å²) < 4.78 is 3.81. The molecule has 0 aromatic carbocycles. The van der Waals surface area contributed by atoms with E-state index < -0.39 is 0 Å². The van der Waals surface area contributed by atoms with Gasteiger partial charge in [0.15, 0.2) is 5.52 Å². The molecule has 0 fully saturated rings. The van der Waals surface area contributed by atoms with Gasteiger partial charge in [-0.25, -0.2) is 4.98 Å². The summed E-state index contributed by atoms with van der Waals surface area (Å²) in [6.45, 7) is 0. The number of thiophene rings is 1. The molecule has 3 rings (SSSR count). The highest BCUT2D eigenvalue weighted by atomic mass is 32.1. The van der Waals surface area contributed by atoms with Crippen molar-refractivity contribution in [1.29, 1.82) is 0 Å². The molecule has 70 valence electrons. The van der Waals surface area contributed by atoms with Crippen molar-refractivity contribution in [2.75, 3.05) is 0 Å². The second-order valence-electron chi connectivity index (χ2n) is 3.18. The van der Waals surface area contributed by atoms with Gasteiger partial charge in [-0.1, -0.05) is 0 Å². The smallest absolute Gasteiger partial charge is 0.236 e. The van der Waals surface area contributed by atoms with Gasteiger partial charge in [-0.05, 0) is 5.38 Å². The topological polar surface area (TPSA) is 44.8 Å². The Morgan fingerprint density at radius 3 is 3.29 bits per heavy atom. The van der Waals surface area contributed by atoms with E-state index in [2.05, 4.69) is 4.98 Å². The normalized spacial score (nSPS) is 11.5. The van der Waals surface area contributed by atoms with Crippen molar-refractivity contribution >= 4 is 32.6 Å². The summed E-state index contributed by atoms with van der Waals surface area (Å²) in [4.78, 5) is 4.16. The third-order valence-corrected chi connectivity index (χ3v) is 3.21. The Hall–Kier alpha value is -1.62. The second-order valence-corrected chi connectivity index (χ2v) is 4.10. The highest BCUT2D eigenvalue weighted by Crippen LogP contribution is 2.25. The first-order valence-corrected chi connectivity index (χ1v) is 5.06. The molecule has 0 radical (unpaired) electrons. The lowest BCUT2D eigenvalue weighted by Crippen LogP contribution is -2.25. The maximum absolute atomic E-state index is 11.5. The zero-order valence-electron chi connectivity index (χ0n) is 7.47. The van der Waals surface area contributed by atoms with Crippen LogP contribution in [0.15, 0.2) is 24.0 Å². The quantitative estimate of drug-likeness (QED) is 0.411. The molecule has 0 saturated carbocycles. The highest BCUT2D eigenvalue weighted by Gasteiger charge is 2.13. The third-order valence-electron chi connectivity index (χ3n) is 2.30. The van der Waals surface area contributed by atoms with E-state index in [9.17, 15) is 5.21 Å². The van der Waals surface area contributed by atoms with Gasteiger partial charge in [-0.15, -0.1) is 11.3 Å². The maximum Gasteiger partial charge on any atom is 0.236 e. The van der Waals surface area contributed by atoms with Crippen LogP contribution in [-0.4, -0.2) is 9.55 Å². The van der Waals surface area contributed by atoms with Crippen LogP contribution >= 0.6 is 11.3 Å². The fraction of sp³-hybridized carbons (Fsp3) is 0.111. The summed E-state index contributed by atoms with van der Waals surface area (Å²) in [7, 11) is 1.93. The SMILES string of the molecule is Cn1cnc2c[n+]([O-])c3ccsc3c21. The van der Waals surface area contributed by atoms with Crippen LogP contribution in [-0.2, 0) is 7.05 Å². The molecule has 0 N–H and O–H groups in total. The Kier molecular flexibility index (Phi) is 1.36. The Labute approximate surface area is 83.6 Å². The van der Waals surface area contributed by atoms with Crippen LogP contribution in [0.25, 0.3) is 21.3 Å². The van der Waals surface area contributed by atoms with Gasteiger partial charge < -0.3 is 9.77 Å². The minimum absolute atomic E-state index is 0.714. The standard InChI is InChI=1S/C9H7N3OS/c1-11-5-10-6-4-12(13)7-2-3-14-9(7)8(6)11/h2-5H,1H3. The number of hydrogen-bond acceptors (Lipinski definition) is 3. The third kappa shape index (κ3) is 0.820. The molecule has 0 unspecified atom stereocenters.